The molecule has 0 bridgehead atoms. The lowest BCUT2D eigenvalue weighted by Gasteiger charge is -2.48. The molecule has 24 atom stereocenters. The molecule has 5 fully saturated rings. The Morgan fingerprint density at radius 2 is 1.13 bits per heavy atom. The lowest BCUT2D eigenvalue weighted by Crippen LogP contribution is -2.66. The van der Waals surface area contributed by atoms with Gasteiger partial charge in [-0.15, -0.1) is 0 Å². The van der Waals surface area contributed by atoms with Crippen molar-refractivity contribution in [3.05, 3.63) is 31.3 Å². The van der Waals surface area contributed by atoms with Gasteiger partial charge in [0.05, 0.1) is 43.2 Å². The van der Waals surface area contributed by atoms with E-state index in [1.807, 2.05) is 0 Å². The van der Waals surface area contributed by atoms with Crippen molar-refractivity contribution in [2.24, 2.45) is 15.3 Å². The number of aliphatic hydroxyl groups excluding tert-OH is 6. The normalized spacial score (nSPS) is 44.6. The monoisotopic (exact) mass is 1030 g/mol. The van der Waals surface area contributed by atoms with Gasteiger partial charge >= 0.3 is 20.8 Å². The van der Waals surface area contributed by atoms with E-state index in [0.29, 0.717) is 0 Å². The molecule has 0 aromatic rings. The zero-order chi connectivity index (χ0) is 50.4. The molecule has 0 amide bonds. The number of aldehydes is 2. The summed E-state index contributed by atoms with van der Waals surface area (Å²) in [5.41, 5.74) is 27.5. The molecule has 5 aliphatic heterocycles. The maximum absolute atomic E-state index is 12.5. The molecular weight excluding hydrogens is 979 g/mol. The number of carbonyl (C=O) groups excluding carboxylic acids is 2. The van der Waals surface area contributed by atoms with E-state index in [9.17, 15) is 67.1 Å². The second-order valence-corrected chi connectivity index (χ2v) is 17.6. The average Bonchev–Trinajstić information content (AvgIpc) is 3.27. The van der Waals surface area contributed by atoms with Crippen LogP contribution in [0, 0.1) is 0 Å². The predicted molar refractivity (Wildman–Crippen MR) is 207 cm³/mol. The van der Waals surface area contributed by atoms with Crippen LogP contribution >= 0.6 is 0 Å². The highest BCUT2D eigenvalue weighted by atomic mass is 32.3. The van der Waals surface area contributed by atoms with Crippen LogP contribution in [0.5, 0.6) is 0 Å². The first kappa shape index (κ1) is 55.3. The van der Waals surface area contributed by atoms with Crippen molar-refractivity contribution < 1.29 is 122 Å². The third-order valence-corrected chi connectivity index (χ3v) is 12.0. The first-order valence-corrected chi connectivity index (χ1v) is 22.5. The van der Waals surface area contributed by atoms with Crippen molar-refractivity contribution in [3.8, 4) is 0 Å². The Bertz CT molecular complexity index is 2120. The zero-order valence-electron chi connectivity index (χ0n) is 35.2. The van der Waals surface area contributed by atoms with Gasteiger partial charge in [-0.25, -0.2) is 8.37 Å². The van der Waals surface area contributed by atoms with Crippen LogP contribution in [0.3, 0.4) is 0 Å². The van der Waals surface area contributed by atoms with Crippen LogP contribution < -0.4 is 0 Å². The van der Waals surface area contributed by atoms with Gasteiger partial charge in [0, 0.05) is 21.8 Å². The summed E-state index contributed by atoms with van der Waals surface area (Å²) in [6.45, 7) is 1.52. The van der Waals surface area contributed by atoms with E-state index in [2.05, 4.69) is 38.4 Å². The van der Waals surface area contributed by atoms with Gasteiger partial charge in [-0.3, -0.25) is 9.11 Å². The molecule has 0 aromatic heterocycles. The number of aliphatic hydroxyl groups is 6. The minimum atomic E-state index is -5.60. The minimum absolute atomic E-state index is 0.00199. The first-order chi connectivity index (χ1) is 32.0. The molecule has 0 radical (unpaired) electrons. The number of methoxy groups -OCH3 is 1. The number of nitrogens with zero attached hydrogens (tertiary/aromatic N) is 9. The average molecular weight is 1030 g/mol. The third-order valence-electron chi connectivity index (χ3n) is 11.1. The van der Waals surface area contributed by atoms with Gasteiger partial charge in [0.2, 0.25) is 0 Å². The van der Waals surface area contributed by atoms with Gasteiger partial charge in [0.25, 0.3) is 0 Å². The van der Waals surface area contributed by atoms with E-state index in [1.54, 1.807) is 0 Å². The highest BCUT2D eigenvalue weighted by Gasteiger charge is 2.56. The Morgan fingerprint density at radius 3 is 1.69 bits per heavy atom. The molecule has 35 nitrogen and oxygen atoms in total. The molecule has 37 heteroatoms. The highest BCUT2D eigenvalue weighted by Crippen LogP contribution is 2.37. The van der Waals surface area contributed by atoms with Crippen molar-refractivity contribution >= 4 is 33.4 Å². The van der Waals surface area contributed by atoms with Gasteiger partial charge in [-0.05, 0) is 36.9 Å². The molecule has 5 aliphatic rings. The van der Waals surface area contributed by atoms with Gasteiger partial charge in [0.1, 0.15) is 73.1 Å². The van der Waals surface area contributed by atoms with E-state index in [4.69, 9.17) is 63.0 Å². The summed E-state index contributed by atoms with van der Waals surface area (Å²) < 4.78 is 131. The molecular formula is C31H47N9O26S2. The summed E-state index contributed by atoms with van der Waals surface area (Å²) >= 11 is 0. The molecule has 0 saturated carbocycles. The number of hydrogen-bond acceptors (Lipinski definition) is 27. The molecule has 384 valence electrons. The fourth-order valence-electron chi connectivity index (χ4n) is 7.78. The largest absolute Gasteiger partial charge is 0.397 e. The van der Waals surface area contributed by atoms with Crippen molar-refractivity contribution in [3.63, 3.8) is 0 Å². The zero-order valence-corrected chi connectivity index (χ0v) is 36.8. The van der Waals surface area contributed by atoms with Crippen LogP contribution in [-0.2, 0) is 86.1 Å². The number of carbonyl (C=O) groups is 2. The smallest absolute Gasteiger partial charge is 0.390 e. The Morgan fingerprint density at radius 1 is 0.588 bits per heavy atom. The van der Waals surface area contributed by atoms with Gasteiger partial charge in [-0.1, -0.05) is 15.3 Å². The van der Waals surface area contributed by atoms with E-state index in [0.717, 1.165) is 7.11 Å². The SMILES string of the molecule is CO[C@H]1OC(COS(=O)(=O)O)[C@@H](O[C@@H]2OC(C=O)[C@@H](O[C@H]3OC(C)[C@@H](O[C@@H]4OC(C=O)[C@@H](O[C@H]5OC(C)[C@@H](O)[C@H](O)C5N=[N+]=[N-])[C@H](O)C4O)CC3N=[N+]=[N-])[C@H](O)C2OS(=O)(=O)O)[C@H](O)C1N=[N+]=[N-]. The Hall–Kier alpha value is -3.63. The topological polar surface area (TPSA) is 521 Å². The lowest BCUT2D eigenvalue weighted by atomic mass is 9.95. The third kappa shape index (κ3) is 13.0. The van der Waals surface area contributed by atoms with Gasteiger partial charge in [0.15, 0.2) is 50.1 Å². The Labute approximate surface area is 382 Å². The van der Waals surface area contributed by atoms with E-state index >= 15 is 0 Å². The molecule has 0 aromatic carbocycles. The molecule has 5 heterocycles. The molecule has 0 spiro atoms. The van der Waals surface area contributed by atoms with Crippen LogP contribution in [0.25, 0.3) is 31.3 Å². The van der Waals surface area contributed by atoms with Crippen LogP contribution in [0.4, 0.5) is 0 Å². The number of rotatable bonds is 19. The lowest BCUT2D eigenvalue weighted by molar-refractivity contribution is -0.360. The fourth-order valence-corrected chi connectivity index (χ4v) is 8.58. The summed E-state index contributed by atoms with van der Waals surface area (Å²) in [5, 5.41) is 75.9. The molecule has 5 rings (SSSR count). The van der Waals surface area contributed by atoms with Crippen LogP contribution in [-0.4, -0.2) is 230 Å². The fraction of sp³-hybridized carbons (Fsp3) is 0.935. The van der Waals surface area contributed by atoms with Crippen molar-refractivity contribution in [1.29, 1.82) is 0 Å². The van der Waals surface area contributed by atoms with Crippen molar-refractivity contribution in [1.82, 2.24) is 0 Å². The number of azide groups is 3. The molecule has 10 unspecified atom stereocenters. The minimum Gasteiger partial charge on any atom is -0.390 e. The van der Waals surface area contributed by atoms with E-state index in [1.165, 1.54) is 13.8 Å². The number of ether oxygens (including phenoxy) is 10. The van der Waals surface area contributed by atoms with E-state index in [-0.39, 0.29) is 12.6 Å². The highest BCUT2D eigenvalue weighted by molar-refractivity contribution is 7.81. The van der Waals surface area contributed by atoms with Crippen molar-refractivity contribution in [2.45, 2.75) is 168 Å². The molecule has 5 saturated heterocycles. The van der Waals surface area contributed by atoms with Crippen LogP contribution in [0.1, 0.15) is 20.3 Å². The second-order valence-electron chi connectivity index (χ2n) is 15.4. The standard InChI is InChI=1S/C31H47N9O26S2/c1-8-11(59-30-21(47)20(46)23(12(5-41)60-30)64-29-15(36-39-33)18(44)17(43)9(2)58-29)4-10(35-38-32)27(57-8)63-24-13(6-42)61-31(26(22(24)48)66-68(52,53)54)65-25-14(7-56-67(49,50)51)62-28(55-3)16(19(25)45)37-40-34/h5-6,8-31,43-48H,4,7H2,1-3H3,(H,49,50,51)(H,52,53,54)/t8?,9?,10?,11-,12?,13?,14?,15?,16?,17+,18+,19+,20+,21?,22-,23+,24+,25+,26?,27+,28-,29+,30+,31-/m0/s1. The Kier molecular flexibility index (Phi) is 19.1. The van der Waals surface area contributed by atoms with Gasteiger partial charge in [-0.2, -0.15) is 16.8 Å². The molecule has 0 aliphatic carbocycles. The predicted octanol–water partition coefficient (Wildman–Crippen LogP) is -4.16. The Balaban J connectivity index is 1.33. The van der Waals surface area contributed by atoms with Crippen molar-refractivity contribution in [2.75, 3.05) is 13.7 Å². The summed E-state index contributed by atoms with van der Waals surface area (Å²) in [5.74, 6) is 0. The first-order valence-electron chi connectivity index (χ1n) is 19.8. The summed E-state index contributed by atoms with van der Waals surface area (Å²) in [6.07, 6.45) is -38.9. The summed E-state index contributed by atoms with van der Waals surface area (Å²) in [6, 6.07) is -4.80. The maximum atomic E-state index is 12.5. The van der Waals surface area contributed by atoms with E-state index < -0.39 is 181 Å². The molecule has 68 heavy (non-hydrogen) atoms. The second kappa shape index (κ2) is 23.5. The quantitative estimate of drug-likeness (QED) is 0.0200. The summed E-state index contributed by atoms with van der Waals surface area (Å²) in [7, 11) is -9.78. The number of hydrogen-bond donors (Lipinski definition) is 8. The molecule has 8 N–H and O–H groups in total. The van der Waals surface area contributed by atoms with Crippen LogP contribution in [0.15, 0.2) is 15.3 Å². The van der Waals surface area contributed by atoms with Gasteiger partial charge < -0.3 is 87.6 Å². The maximum Gasteiger partial charge on any atom is 0.397 e. The van der Waals surface area contributed by atoms with Crippen LogP contribution in [0.2, 0.25) is 0 Å². The summed E-state index contributed by atoms with van der Waals surface area (Å²) in [4.78, 5) is 32.6.